The number of aryl methyl sites for hydroxylation is 1. The molecule has 0 spiro atoms. The molecule has 33 heavy (non-hydrogen) atoms. The van der Waals surface area contributed by atoms with Gasteiger partial charge in [-0.2, -0.15) is 5.10 Å². The number of anilines is 4. The summed E-state index contributed by atoms with van der Waals surface area (Å²) in [5.41, 5.74) is 1.81. The van der Waals surface area contributed by atoms with Gasteiger partial charge < -0.3 is 20.9 Å². The molecule has 3 N–H and O–H groups in total. The number of aromatic nitrogens is 3. The molecule has 9 nitrogen and oxygen atoms in total. The lowest BCUT2D eigenvalue weighted by atomic mass is 9.99. The van der Waals surface area contributed by atoms with Gasteiger partial charge >= 0.3 is 0 Å². The molecule has 2 amide bonds. The van der Waals surface area contributed by atoms with Crippen LogP contribution in [0.5, 0.6) is 0 Å². The molecule has 0 radical (unpaired) electrons. The van der Waals surface area contributed by atoms with Gasteiger partial charge in [0.15, 0.2) is 0 Å². The molecule has 170 valence electrons. The van der Waals surface area contributed by atoms with Crippen LogP contribution in [-0.4, -0.2) is 40.6 Å². The van der Waals surface area contributed by atoms with E-state index in [1.807, 2.05) is 5.32 Å². The average molecular weight is 456 g/mol. The fourth-order valence-electron chi connectivity index (χ4n) is 3.97. The van der Waals surface area contributed by atoms with E-state index in [4.69, 9.17) is 8.22 Å². The van der Waals surface area contributed by atoms with Crippen LogP contribution in [0.25, 0.3) is 11.3 Å². The van der Waals surface area contributed by atoms with E-state index >= 15 is 0 Å². The molecule has 5 rings (SSSR count). The first-order chi connectivity index (χ1) is 18.2. The zero-order valence-electron chi connectivity index (χ0n) is 23.6. The SMILES string of the molecule is [2H]C([2H])([2H])NC(=O)c1cnc(NC(=O)C2CC2)cc1Nc1cc(F)cc2c1N(C)Cc1cn(C([2H])([2H])[2H])nc1-2. The van der Waals surface area contributed by atoms with Gasteiger partial charge in [0, 0.05) is 71.3 Å². The van der Waals surface area contributed by atoms with Crippen LogP contribution in [0.4, 0.5) is 27.3 Å². The number of fused-ring (bicyclic) bond motifs is 3. The van der Waals surface area contributed by atoms with E-state index in [0.717, 1.165) is 23.7 Å². The van der Waals surface area contributed by atoms with E-state index in [2.05, 4.69) is 20.7 Å². The average Bonchev–Trinajstić information content (AvgIpc) is 3.56. The van der Waals surface area contributed by atoms with Gasteiger partial charge in [0.2, 0.25) is 5.91 Å². The van der Waals surface area contributed by atoms with Gasteiger partial charge in [-0.1, -0.05) is 0 Å². The monoisotopic (exact) mass is 455 g/mol. The molecule has 3 aromatic rings. The van der Waals surface area contributed by atoms with E-state index in [9.17, 15) is 14.0 Å². The minimum atomic E-state index is -2.77. The Labute approximate surface area is 198 Å². The maximum atomic E-state index is 14.9. The first-order valence-corrected chi connectivity index (χ1v) is 10.2. The summed E-state index contributed by atoms with van der Waals surface area (Å²) in [5.74, 6) is -1.84. The number of amides is 2. The van der Waals surface area contributed by atoms with Gasteiger partial charge in [-0.15, -0.1) is 0 Å². The Bertz CT molecular complexity index is 1480. The predicted octanol–water partition coefficient (Wildman–Crippen LogP) is 3.02. The molecule has 0 atom stereocenters. The van der Waals surface area contributed by atoms with Crippen molar-refractivity contribution in [3.63, 3.8) is 0 Å². The van der Waals surface area contributed by atoms with Gasteiger partial charge in [0.05, 0.1) is 28.3 Å². The third kappa shape index (κ3) is 3.88. The molecule has 2 aromatic heterocycles. The van der Waals surface area contributed by atoms with Crippen LogP contribution in [0.1, 0.15) is 37.0 Å². The molecule has 2 aliphatic rings. The standard InChI is InChI=1S/C23H24FN7O2/c1-25-23(33)16-9-26-19(28-22(32)12-4-5-12)8-17(16)27-18-7-14(24)6-15-20-13(11-31(3)29-20)10-30(2)21(15)18/h6-9,11-12H,4-5,10H2,1-3H3,(H,25,33)(H2,26,27,28,32)/i1D3,3D3. The van der Waals surface area contributed by atoms with E-state index in [1.165, 1.54) is 24.4 Å². The van der Waals surface area contributed by atoms with Crippen LogP contribution in [-0.2, 0) is 18.3 Å². The van der Waals surface area contributed by atoms with E-state index in [1.54, 1.807) is 11.9 Å². The van der Waals surface area contributed by atoms with Gasteiger partial charge in [0.25, 0.3) is 5.91 Å². The fourth-order valence-corrected chi connectivity index (χ4v) is 3.97. The lowest BCUT2D eigenvalue weighted by Crippen LogP contribution is -2.23. The Hall–Kier alpha value is -3.95. The summed E-state index contributed by atoms with van der Waals surface area (Å²) in [4.78, 5) is 31.0. The van der Waals surface area contributed by atoms with Crippen LogP contribution >= 0.6 is 0 Å². The molecule has 0 saturated heterocycles. The molecule has 10 heteroatoms. The summed E-state index contributed by atoms with van der Waals surface area (Å²) >= 11 is 0. The first-order valence-electron chi connectivity index (χ1n) is 13.2. The molecule has 1 fully saturated rings. The largest absolute Gasteiger partial charge is 0.368 e. The molecule has 3 heterocycles. The van der Waals surface area contributed by atoms with Crippen molar-refractivity contribution in [1.29, 1.82) is 0 Å². The summed E-state index contributed by atoms with van der Waals surface area (Å²) < 4.78 is 60.9. The lowest BCUT2D eigenvalue weighted by Gasteiger charge is -2.30. The van der Waals surface area contributed by atoms with Crippen molar-refractivity contribution < 1.29 is 22.2 Å². The van der Waals surface area contributed by atoms with Crippen molar-refractivity contribution in [1.82, 2.24) is 20.1 Å². The van der Waals surface area contributed by atoms with Crippen molar-refractivity contribution >= 4 is 34.7 Å². The van der Waals surface area contributed by atoms with Crippen molar-refractivity contribution in [2.75, 3.05) is 29.6 Å². The van der Waals surface area contributed by atoms with Gasteiger partial charge in [-0.25, -0.2) is 9.37 Å². The number of nitrogens with zero attached hydrogens (tertiary/aromatic N) is 4. The molecule has 1 aliphatic carbocycles. The quantitative estimate of drug-likeness (QED) is 0.546. The summed E-state index contributed by atoms with van der Waals surface area (Å²) in [6.45, 7) is -5.03. The van der Waals surface area contributed by atoms with Crippen LogP contribution in [0.2, 0.25) is 0 Å². The Morgan fingerprint density at radius 1 is 1.24 bits per heavy atom. The predicted molar refractivity (Wildman–Crippen MR) is 123 cm³/mol. The van der Waals surface area contributed by atoms with Crippen LogP contribution in [0.15, 0.2) is 30.6 Å². The molecule has 1 saturated carbocycles. The molecule has 1 aromatic carbocycles. The first kappa shape index (κ1) is 15.0. The van der Waals surface area contributed by atoms with Crippen molar-refractivity contribution in [2.24, 2.45) is 12.9 Å². The summed E-state index contributed by atoms with van der Waals surface area (Å²) in [6, 6.07) is 3.79. The highest BCUT2D eigenvalue weighted by Gasteiger charge is 2.30. The minimum Gasteiger partial charge on any atom is -0.368 e. The summed E-state index contributed by atoms with van der Waals surface area (Å²) in [7, 11) is 1.73. The second-order valence-corrected chi connectivity index (χ2v) is 8.11. The van der Waals surface area contributed by atoms with Crippen LogP contribution in [0, 0.1) is 11.7 Å². The van der Waals surface area contributed by atoms with Crippen LogP contribution < -0.4 is 20.9 Å². The van der Waals surface area contributed by atoms with Gasteiger partial charge in [-0.3, -0.25) is 14.3 Å². The number of benzene rings is 1. The van der Waals surface area contributed by atoms with E-state index < -0.39 is 25.7 Å². The van der Waals surface area contributed by atoms with Crippen LogP contribution in [0.3, 0.4) is 0 Å². The molecular weight excluding hydrogens is 425 g/mol. The van der Waals surface area contributed by atoms with Gasteiger partial charge in [0.1, 0.15) is 11.6 Å². The van der Waals surface area contributed by atoms with Crippen molar-refractivity contribution in [2.45, 2.75) is 19.4 Å². The molecule has 1 aliphatic heterocycles. The smallest absolute Gasteiger partial charge is 0.254 e. The van der Waals surface area contributed by atoms with E-state index in [-0.39, 0.29) is 41.1 Å². The number of pyridine rings is 1. The summed E-state index contributed by atoms with van der Waals surface area (Å²) in [6.07, 6.45) is 4.04. The number of hydrogen-bond acceptors (Lipinski definition) is 6. The lowest BCUT2D eigenvalue weighted by molar-refractivity contribution is -0.117. The Kier molecular flexibility index (Phi) is 3.58. The van der Waals surface area contributed by atoms with Crippen molar-refractivity contribution in [3.8, 4) is 11.3 Å². The Morgan fingerprint density at radius 3 is 2.85 bits per heavy atom. The summed E-state index contributed by atoms with van der Waals surface area (Å²) in [5, 5.41) is 11.8. The minimum absolute atomic E-state index is 0.0675. The zero-order chi connectivity index (χ0) is 28.3. The number of halogens is 1. The highest BCUT2D eigenvalue weighted by Crippen LogP contribution is 2.44. The maximum Gasteiger partial charge on any atom is 0.254 e. The normalized spacial score (nSPS) is 17.8. The van der Waals surface area contributed by atoms with Gasteiger partial charge in [-0.05, 0) is 25.0 Å². The second-order valence-electron chi connectivity index (χ2n) is 8.11. The fraction of sp³-hybridized carbons (Fsp3) is 0.304. The number of nitrogens with one attached hydrogen (secondary N) is 3. The number of hydrogen-bond donors (Lipinski definition) is 3. The Balaban J connectivity index is 1.58. The second kappa shape index (κ2) is 7.88. The number of carbonyl (C=O) groups is 2. The van der Waals surface area contributed by atoms with E-state index in [0.29, 0.717) is 22.5 Å². The number of rotatable bonds is 5. The topological polar surface area (TPSA) is 104 Å². The zero-order valence-corrected chi connectivity index (χ0v) is 17.6. The molecule has 0 bridgehead atoms. The number of carbonyl (C=O) groups excluding carboxylic acids is 2. The third-order valence-corrected chi connectivity index (χ3v) is 5.64. The molecule has 0 unspecified atom stereocenters. The van der Waals surface area contributed by atoms with Crippen molar-refractivity contribution in [3.05, 3.63) is 47.5 Å². The maximum absolute atomic E-state index is 14.9. The molecular formula is C23H24FN7O2. The highest BCUT2D eigenvalue weighted by molar-refractivity contribution is 6.02. The third-order valence-electron chi connectivity index (χ3n) is 5.64. The highest BCUT2D eigenvalue weighted by atomic mass is 19.1. The Morgan fingerprint density at radius 2 is 2.09 bits per heavy atom.